The fourth-order valence-electron chi connectivity index (χ4n) is 3.25. The third kappa shape index (κ3) is 2.55. The summed E-state index contributed by atoms with van der Waals surface area (Å²) in [5, 5.41) is 11.7. The summed E-state index contributed by atoms with van der Waals surface area (Å²) in [6.07, 6.45) is 3.06. The van der Waals surface area contributed by atoms with Crippen LogP contribution in [0.1, 0.15) is 36.9 Å². The molecular formula is C14H24N4O2. The van der Waals surface area contributed by atoms with Crippen molar-refractivity contribution in [3.8, 4) is 0 Å². The summed E-state index contributed by atoms with van der Waals surface area (Å²) in [7, 11) is 3.38. The molecule has 6 heteroatoms. The van der Waals surface area contributed by atoms with Crippen molar-refractivity contribution in [2.45, 2.75) is 37.5 Å². The number of rotatable bonds is 4. The minimum atomic E-state index is -0.239. The van der Waals surface area contributed by atoms with E-state index >= 15 is 0 Å². The fourth-order valence-corrected chi connectivity index (χ4v) is 3.25. The van der Waals surface area contributed by atoms with Gasteiger partial charge in [0.2, 0.25) is 0 Å². The Bertz CT molecular complexity index is 438. The quantitative estimate of drug-likeness (QED) is 0.815. The van der Waals surface area contributed by atoms with E-state index in [1.807, 2.05) is 0 Å². The standard InChI is InChI=1S/C14H24N4O2/c1-19-14(20-2)12-5-8-16-13-9-11(17-18(12)13)10-3-6-15-7-4-10/h9-10,12,14-16H,3-8H2,1-2H3. The monoisotopic (exact) mass is 280 g/mol. The van der Waals surface area contributed by atoms with Gasteiger partial charge in [-0.2, -0.15) is 5.10 Å². The molecule has 1 aromatic heterocycles. The van der Waals surface area contributed by atoms with Crippen molar-refractivity contribution in [2.24, 2.45) is 0 Å². The molecule has 2 aliphatic rings. The number of aromatic nitrogens is 2. The molecule has 1 fully saturated rings. The van der Waals surface area contributed by atoms with Crippen LogP contribution in [0, 0.1) is 0 Å². The van der Waals surface area contributed by atoms with Crippen LogP contribution in [0.2, 0.25) is 0 Å². The second kappa shape index (κ2) is 6.11. The van der Waals surface area contributed by atoms with Crippen molar-refractivity contribution in [2.75, 3.05) is 39.2 Å². The van der Waals surface area contributed by atoms with Gasteiger partial charge in [0.1, 0.15) is 11.9 Å². The van der Waals surface area contributed by atoms with Gasteiger partial charge in [-0.25, -0.2) is 4.68 Å². The lowest BCUT2D eigenvalue weighted by Crippen LogP contribution is -2.34. The Morgan fingerprint density at radius 3 is 2.65 bits per heavy atom. The summed E-state index contributed by atoms with van der Waals surface area (Å²) in [6, 6.07) is 2.35. The zero-order valence-electron chi connectivity index (χ0n) is 12.3. The minimum absolute atomic E-state index is 0.150. The lowest BCUT2D eigenvalue weighted by Gasteiger charge is -2.30. The molecule has 0 saturated carbocycles. The molecule has 1 saturated heterocycles. The Morgan fingerprint density at radius 1 is 1.20 bits per heavy atom. The predicted octanol–water partition coefficient (Wildman–Crippen LogP) is 1.33. The van der Waals surface area contributed by atoms with E-state index in [1.165, 1.54) is 18.5 Å². The Labute approximate surface area is 119 Å². The van der Waals surface area contributed by atoms with Crippen LogP contribution in [-0.4, -0.2) is 49.9 Å². The van der Waals surface area contributed by atoms with Gasteiger partial charge in [0.15, 0.2) is 6.29 Å². The van der Waals surface area contributed by atoms with Crippen molar-refractivity contribution < 1.29 is 9.47 Å². The van der Waals surface area contributed by atoms with Crippen LogP contribution in [0.5, 0.6) is 0 Å². The van der Waals surface area contributed by atoms with Crippen molar-refractivity contribution in [1.82, 2.24) is 15.1 Å². The first-order valence-electron chi connectivity index (χ1n) is 7.43. The molecule has 2 aliphatic heterocycles. The van der Waals surface area contributed by atoms with Crippen molar-refractivity contribution in [3.05, 3.63) is 11.8 Å². The third-order valence-corrected chi connectivity index (χ3v) is 4.35. The van der Waals surface area contributed by atoms with Crippen LogP contribution < -0.4 is 10.6 Å². The van der Waals surface area contributed by atoms with Crippen molar-refractivity contribution in [1.29, 1.82) is 0 Å². The topological polar surface area (TPSA) is 60.3 Å². The smallest absolute Gasteiger partial charge is 0.179 e. The molecule has 0 radical (unpaired) electrons. The van der Waals surface area contributed by atoms with Gasteiger partial charge < -0.3 is 20.1 Å². The maximum Gasteiger partial charge on any atom is 0.179 e. The normalized spacial score (nSPS) is 23.6. The molecule has 0 spiro atoms. The van der Waals surface area contributed by atoms with Gasteiger partial charge in [0, 0.05) is 32.7 Å². The van der Waals surface area contributed by atoms with Gasteiger partial charge in [-0.05, 0) is 32.4 Å². The SMILES string of the molecule is COC(OC)C1CCNc2cc(C3CCNCC3)nn21. The van der Waals surface area contributed by atoms with Crippen LogP contribution in [0.25, 0.3) is 0 Å². The maximum absolute atomic E-state index is 5.43. The van der Waals surface area contributed by atoms with E-state index in [4.69, 9.17) is 14.6 Å². The molecule has 1 aromatic rings. The molecule has 3 heterocycles. The zero-order valence-corrected chi connectivity index (χ0v) is 12.3. The molecule has 2 N–H and O–H groups in total. The number of hydrogen-bond donors (Lipinski definition) is 2. The summed E-state index contributed by atoms with van der Waals surface area (Å²) in [6.45, 7) is 3.11. The van der Waals surface area contributed by atoms with E-state index in [9.17, 15) is 0 Å². The molecule has 1 atom stereocenters. The van der Waals surface area contributed by atoms with Crippen LogP contribution in [0.3, 0.4) is 0 Å². The molecule has 20 heavy (non-hydrogen) atoms. The van der Waals surface area contributed by atoms with Crippen LogP contribution >= 0.6 is 0 Å². The summed E-state index contributed by atoms with van der Waals surface area (Å²) in [5.41, 5.74) is 1.20. The molecule has 0 aliphatic carbocycles. The number of fused-ring (bicyclic) bond motifs is 1. The number of methoxy groups -OCH3 is 2. The molecule has 112 valence electrons. The third-order valence-electron chi connectivity index (χ3n) is 4.35. The van der Waals surface area contributed by atoms with E-state index in [0.29, 0.717) is 5.92 Å². The number of nitrogens with zero attached hydrogens (tertiary/aromatic N) is 2. The molecule has 0 amide bonds. The fraction of sp³-hybridized carbons (Fsp3) is 0.786. The first-order chi connectivity index (χ1) is 9.83. The molecular weight excluding hydrogens is 256 g/mol. The lowest BCUT2D eigenvalue weighted by atomic mass is 9.95. The first kappa shape index (κ1) is 13.9. The summed E-state index contributed by atoms with van der Waals surface area (Å²) < 4.78 is 12.9. The van der Waals surface area contributed by atoms with Gasteiger partial charge in [-0.15, -0.1) is 0 Å². The Morgan fingerprint density at radius 2 is 1.95 bits per heavy atom. The van der Waals surface area contributed by atoms with Gasteiger partial charge in [-0.3, -0.25) is 0 Å². The molecule has 6 nitrogen and oxygen atoms in total. The number of nitrogens with one attached hydrogen (secondary N) is 2. The van der Waals surface area contributed by atoms with E-state index in [1.54, 1.807) is 14.2 Å². The highest BCUT2D eigenvalue weighted by molar-refractivity contribution is 5.40. The van der Waals surface area contributed by atoms with E-state index in [0.717, 1.165) is 31.9 Å². The first-order valence-corrected chi connectivity index (χ1v) is 7.43. The Hall–Kier alpha value is -1.11. The number of hydrogen-bond acceptors (Lipinski definition) is 5. The summed E-state index contributed by atoms with van der Waals surface area (Å²) in [4.78, 5) is 0. The average Bonchev–Trinajstić information content (AvgIpc) is 2.94. The van der Waals surface area contributed by atoms with Gasteiger partial charge in [0.25, 0.3) is 0 Å². The number of ether oxygens (including phenoxy) is 2. The maximum atomic E-state index is 5.43. The van der Waals surface area contributed by atoms with Crippen LogP contribution in [-0.2, 0) is 9.47 Å². The van der Waals surface area contributed by atoms with E-state index < -0.39 is 0 Å². The Balaban J connectivity index is 1.84. The second-order valence-electron chi connectivity index (χ2n) is 5.55. The molecule has 1 unspecified atom stereocenters. The average molecular weight is 280 g/mol. The van der Waals surface area contributed by atoms with Gasteiger partial charge in [0.05, 0.1) is 5.69 Å². The van der Waals surface area contributed by atoms with E-state index in [-0.39, 0.29) is 12.3 Å². The number of piperidine rings is 1. The summed E-state index contributed by atoms with van der Waals surface area (Å²) in [5.74, 6) is 1.66. The van der Waals surface area contributed by atoms with Crippen molar-refractivity contribution >= 4 is 5.82 Å². The van der Waals surface area contributed by atoms with Crippen LogP contribution in [0.4, 0.5) is 5.82 Å². The highest BCUT2D eigenvalue weighted by Gasteiger charge is 2.30. The van der Waals surface area contributed by atoms with E-state index in [2.05, 4.69) is 21.4 Å². The molecule has 0 bridgehead atoms. The molecule has 3 rings (SSSR count). The van der Waals surface area contributed by atoms with Crippen molar-refractivity contribution in [3.63, 3.8) is 0 Å². The predicted molar refractivity (Wildman–Crippen MR) is 77.0 cm³/mol. The minimum Gasteiger partial charge on any atom is -0.370 e. The van der Waals surface area contributed by atoms with Crippen LogP contribution in [0.15, 0.2) is 6.07 Å². The second-order valence-corrected chi connectivity index (χ2v) is 5.55. The highest BCUT2D eigenvalue weighted by atomic mass is 16.7. The largest absolute Gasteiger partial charge is 0.370 e. The Kier molecular flexibility index (Phi) is 4.24. The summed E-state index contributed by atoms with van der Waals surface area (Å²) >= 11 is 0. The zero-order chi connectivity index (χ0) is 13.9. The van der Waals surface area contributed by atoms with Gasteiger partial charge in [-0.1, -0.05) is 0 Å². The lowest BCUT2D eigenvalue weighted by molar-refractivity contribution is -0.135. The molecule has 0 aromatic carbocycles. The number of anilines is 1. The highest BCUT2D eigenvalue weighted by Crippen LogP contribution is 2.32. The van der Waals surface area contributed by atoms with Gasteiger partial charge >= 0.3 is 0 Å².